The highest BCUT2D eigenvalue weighted by molar-refractivity contribution is 8.00. The largest absolute Gasteiger partial charge is 0.325 e. The number of aromatic nitrogens is 3. The first-order valence-electron chi connectivity index (χ1n) is 11.7. The van der Waals surface area contributed by atoms with Crippen molar-refractivity contribution in [2.45, 2.75) is 55.2 Å². The van der Waals surface area contributed by atoms with Crippen molar-refractivity contribution in [3.8, 4) is 5.69 Å². The maximum atomic E-state index is 13.2. The number of thioether (sulfide) groups is 2. The molecule has 0 aliphatic rings. The number of rotatable bonds is 9. The maximum Gasteiger partial charge on any atom is 0.237 e. The minimum atomic E-state index is -0.292. The van der Waals surface area contributed by atoms with Crippen LogP contribution in [0.2, 0.25) is 0 Å². The summed E-state index contributed by atoms with van der Waals surface area (Å²) in [5.41, 5.74) is 5.33. The summed E-state index contributed by atoms with van der Waals surface area (Å²) in [6.45, 7) is 8.20. The lowest BCUT2D eigenvalue weighted by atomic mass is 10.1. The molecular formula is C28H30N4OS2. The van der Waals surface area contributed by atoms with E-state index in [2.05, 4.69) is 64.3 Å². The van der Waals surface area contributed by atoms with Crippen LogP contribution in [0.4, 0.5) is 5.69 Å². The Kier molecular flexibility index (Phi) is 8.31. The van der Waals surface area contributed by atoms with Gasteiger partial charge in [0, 0.05) is 16.3 Å². The van der Waals surface area contributed by atoms with Crippen molar-refractivity contribution >= 4 is 35.1 Å². The highest BCUT2D eigenvalue weighted by atomic mass is 32.2. The number of nitrogens with one attached hydrogen (secondary N) is 1. The summed E-state index contributed by atoms with van der Waals surface area (Å²) in [7, 11) is 0. The normalized spacial score (nSPS) is 11.9. The van der Waals surface area contributed by atoms with Gasteiger partial charge in [0.2, 0.25) is 5.91 Å². The Morgan fingerprint density at radius 1 is 0.943 bits per heavy atom. The van der Waals surface area contributed by atoms with E-state index in [0.29, 0.717) is 12.2 Å². The summed E-state index contributed by atoms with van der Waals surface area (Å²) in [4.78, 5) is 14.4. The standard InChI is InChI=1S/C28H30N4OS2/c1-5-25(27(33)29-24-13-9-10-20(3)21(24)4)35-28-31-30-26(32(28)22-11-7-6-8-12-22)18-34-23-16-14-19(2)15-17-23/h6-17,25H,5,18H2,1-4H3,(H,29,33). The Balaban J connectivity index is 1.57. The number of para-hydroxylation sites is 1. The molecule has 0 fully saturated rings. The highest BCUT2D eigenvalue weighted by Crippen LogP contribution is 2.31. The molecule has 0 aliphatic heterocycles. The predicted octanol–water partition coefficient (Wildman–Crippen LogP) is 6.99. The van der Waals surface area contributed by atoms with Gasteiger partial charge in [-0.2, -0.15) is 0 Å². The number of anilines is 1. The van der Waals surface area contributed by atoms with Crippen molar-refractivity contribution in [2.24, 2.45) is 0 Å². The molecule has 4 rings (SSSR count). The minimum Gasteiger partial charge on any atom is -0.325 e. The van der Waals surface area contributed by atoms with E-state index in [-0.39, 0.29) is 11.2 Å². The molecule has 1 amide bonds. The molecule has 0 bridgehead atoms. The summed E-state index contributed by atoms with van der Waals surface area (Å²) >= 11 is 3.19. The Labute approximate surface area is 215 Å². The first kappa shape index (κ1) is 25.1. The molecule has 1 heterocycles. The number of carbonyl (C=O) groups is 1. The van der Waals surface area contributed by atoms with Gasteiger partial charge in [-0.1, -0.05) is 66.7 Å². The number of carbonyl (C=O) groups excluding carboxylic acids is 1. The highest BCUT2D eigenvalue weighted by Gasteiger charge is 2.24. The van der Waals surface area contributed by atoms with Crippen LogP contribution < -0.4 is 5.32 Å². The molecule has 0 radical (unpaired) electrons. The molecule has 0 spiro atoms. The minimum absolute atomic E-state index is 0.0237. The van der Waals surface area contributed by atoms with Gasteiger partial charge in [-0.15, -0.1) is 22.0 Å². The smallest absolute Gasteiger partial charge is 0.237 e. The molecule has 1 N–H and O–H groups in total. The van der Waals surface area contributed by atoms with E-state index in [9.17, 15) is 4.79 Å². The molecule has 0 saturated heterocycles. The molecule has 4 aromatic rings. The zero-order valence-corrected chi connectivity index (χ0v) is 22.1. The van der Waals surface area contributed by atoms with Gasteiger partial charge in [0.25, 0.3) is 0 Å². The molecule has 0 aliphatic carbocycles. The fourth-order valence-electron chi connectivity index (χ4n) is 3.64. The average Bonchev–Trinajstić information content (AvgIpc) is 3.27. The quantitative estimate of drug-likeness (QED) is 0.250. The van der Waals surface area contributed by atoms with Crippen LogP contribution in [-0.2, 0) is 10.5 Å². The third kappa shape index (κ3) is 6.16. The van der Waals surface area contributed by atoms with E-state index >= 15 is 0 Å². The fourth-order valence-corrected chi connectivity index (χ4v) is 5.44. The maximum absolute atomic E-state index is 13.2. The Morgan fingerprint density at radius 2 is 1.69 bits per heavy atom. The second-order valence-electron chi connectivity index (χ2n) is 8.42. The van der Waals surface area contributed by atoms with E-state index in [0.717, 1.165) is 33.5 Å². The van der Waals surface area contributed by atoms with Gasteiger partial charge in [0.15, 0.2) is 5.16 Å². The van der Waals surface area contributed by atoms with Crippen molar-refractivity contribution in [3.05, 3.63) is 95.3 Å². The zero-order chi connectivity index (χ0) is 24.8. The van der Waals surface area contributed by atoms with Crippen LogP contribution >= 0.6 is 23.5 Å². The molecule has 3 aromatic carbocycles. The van der Waals surface area contributed by atoms with Gasteiger partial charge in [-0.25, -0.2) is 0 Å². The van der Waals surface area contributed by atoms with E-state index < -0.39 is 0 Å². The summed E-state index contributed by atoms with van der Waals surface area (Å²) in [6, 6.07) is 24.6. The summed E-state index contributed by atoms with van der Waals surface area (Å²) < 4.78 is 2.07. The lowest BCUT2D eigenvalue weighted by molar-refractivity contribution is -0.115. The molecule has 1 unspecified atom stereocenters. The molecule has 5 nitrogen and oxygen atoms in total. The number of aryl methyl sites for hydroxylation is 2. The summed E-state index contributed by atoms with van der Waals surface area (Å²) in [5.74, 6) is 1.51. The molecule has 7 heteroatoms. The van der Waals surface area contributed by atoms with Gasteiger partial charge in [0.1, 0.15) is 5.82 Å². The van der Waals surface area contributed by atoms with E-state index in [1.54, 1.807) is 11.8 Å². The number of hydrogen-bond acceptors (Lipinski definition) is 5. The number of amides is 1. The first-order valence-corrected chi connectivity index (χ1v) is 13.6. The van der Waals surface area contributed by atoms with Crippen LogP contribution in [0.25, 0.3) is 5.69 Å². The molecular weight excluding hydrogens is 472 g/mol. The van der Waals surface area contributed by atoms with E-state index in [1.165, 1.54) is 22.2 Å². The van der Waals surface area contributed by atoms with Crippen molar-refractivity contribution in [3.63, 3.8) is 0 Å². The van der Waals surface area contributed by atoms with Crippen molar-refractivity contribution in [1.29, 1.82) is 0 Å². The van der Waals surface area contributed by atoms with Crippen molar-refractivity contribution < 1.29 is 4.79 Å². The molecule has 180 valence electrons. The predicted molar refractivity (Wildman–Crippen MR) is 147 cm³/mol. The van der Waals surface area contributed by atoms with Gasteiger partial charge in [0.05, 0.1) is 11.0 Å². The van der Waals surface area contributed by atoms with Crippen LogP contribution in [-0.4, -0.2) is 25.9 Å². The van der Waals surface area contributed by atoms with E-state index in [4.69, 9.17) is 0 Å². The van der Waals surface area contributed by atoms with Crippen LogP contribution in [0.15, 0.2) is 82.8 Å². The lowest BCUT2D eigenvalue weighted by Crippen LogP contribution is -2.25. The summed E-state index contributed by atoms with van der Waals surface area (Å²) in [5, 5.41) is 12.6. The Bertz CT molecular complexity index is 1290. The Morgan fingerprint density at radius 3 is 2.40 bits per heavy atom. The van der Waals surface area contributed by atoms with Gasteiger partial charge < -0.3 is 5.32 Å². The number of hydrogen-bond donors (Lipinski definition) is 1. The van der Waals surface area contributed by atoms with Crippen molar-refractivity contribution in [1.82, 2.24) is 14.8 Å². The van der Waals surface area contributed by atoms with Gasteiger partial charge >= 0.3 is 0 Å². The van der Waals surface area contributed by atoms with Gasteiger partial charge in [-0.3, -0.25) is 9.36 Å². The van der Waals surface area contributed by atoms with Crippen LogP contribution in [0, 0.1) is 20.8 Å². The Hall–Kier alpha value is -3.03. The molecule has 1 atom stereocenters. The SMILES string of the molecule is CCC(Sc1nnc(CSc2ccc(C)cc2)n1-c1ccccc1)C(=O)Nc1cccc(C)c1C. The third-order valence-electron chi connectivity index (χ3n) is 5.88. The average molecular weight is 503 g/mol. The number of benzene rings is 3. The van der Waals surface area contributed by atoms with Crippen LogP contribution in [0.1, 0.15) is 35.9 Å². The monoisotopic (exact) mass is 502 g/mol. The third-order valence-corrected chi connectivity index (χ3v) is 8.19. The van der Waals surface area contributed by atoms with Crippen molar-refractivity contribution in [2.75, 3.05) is 5.32 Å². The second kappa shape index (κ2) is 11.6. The molecule has 0 saturated carbocycles. The first-order chi connectivity index (χ1) is 17.0. The number of nitrogens with zero attached hydrogens (tertiary/aromatic N) is 3. The topological polar surface area (TPSA) is 59.8 Å². The van der Waals surface area contributed by atoms with Crippen LogP contribution in [0.3, 0.4) is 0 Å². The van der Waals surface area contributed by atoms with E-state index in [1.807, 2.05) is 56.3 Å². The second-order valence-corrected chi connectivity index (χ2v) is 10.6. The summed E-state index contributed by atoms with van der Waals surface area (Å²) in [6.07, 6.45) is 0.677. The zero-order valence-electron chi connectivity index (χ0n) is 20.5. The lowest BCUT2D eigenvalue weighted by Gasteiger charge is -2.17. The molecule has 35 heavy (non-hydrogen) atoms. The van der Waals surface area contributed by atoms with Crippen LogP contribution in [0.5, 0.6) is 0 Å². The fraction of sp³-hybridized carbons (Fsp3) is 0.250. The molecule has 1 aromatic heterocycles. The van der Waals surface area contributed by atoms with Gasteiger partial charge in [-0.05, 0) is 68.7 Å².